The van der Waals surface area contributed by atoms with Gasteiger partial charge in [-0.05, 0) is 46.3 Å². The highest BCUT2D eigenvalue weighted by Crippen LogP contribution is 2.23. The summed E-state index contributed by atoms with van der Waals surface area (Å²) < 4.78 is 5.90. The molecule has 106 valence electrons. The molecule has 0 aliphatic heterocycles. The highest BCUT2D eigenvalue weighted by Gasteiger charge is 2.02. The van der Waals surface area contributed by atoms with Crippen LogP contribution in [-0.4, -0.2) is 19.6 Å². The molecule has 1 heterocycles. The van der Waals surface area contributed by atoms with Crippen LogP contribution in [0.5, 0.6) is 0 Å². The fraction of sp³-hybridized carbons (Fsp3) is 0.214. The van der Waals surface area contributed by atoms with Crippen LogP contribution in [0.3, 0.4) is 0 Å². The van der Waals surface area contributed by atoms with Gasteiger partial charge in [-0.3, -0.25) is 4.79 Å². The number of benzene rings is 1. The standard InChI is InChI=1S/C14H15BrN2O2S/c1-19-9-14(18)17-11-4-2-3-10(7-11)16-8-12-5-6-13(15)20-12/h2-7,16H,8-9H2,1H3,(H,17,18). The molecule has 0 saturated carbocycles. The molecule has 0 saturated heterocycles. The lowest BCUT2D eigenvalue weighted by atomic mass is 10.2. The fourth-order valence-electron chi connectivity index (χ4n) is 1.67. The number of ether oxygens (including phenoxy) is 1. The SMILES string of the molecule is COCC(=O)Nc1cccc(NCc2ccc(Br)s2)c1. The zero-order valence-corrected chi connectivity index (χ0v) is 13.4. The Kier molecular flexibility index (Phi) is 5.58. The zero-order valence-electron chi connectivity index (χ0n) is 11.0. The summed E-state index contributed by atoms with van der Waals surface area (Å²) in [6, 6.07) is 11.7. The van der Waals surface area contributed by atoms with Crippen LogP contribution in [0.25, 0.3) is 0 Å². The molecule has 0 aliphatic carbocycles. The van der Waals surface area contributed by atoms with Gasteiger partial charge in [0.25, 0.3) is 0 Å². The lowest BCUT2D eigenvalue weighted by Crippen LogP contribution is -2.17. The molecule has 0 bridgehead atoms. The van der Waals surface area contributed by atoms with Gasteiger partial charge in [0, 0.05) is 29.9 Å². The van der Waals surface area contributed by atoms with Crippen LogP contribution in [0.1, 0.15) is 4.88 Å². The Morgan fingerprint density at radius 3 is 2.80 bits per heavy atom. The molecule has 2 rings (SSSR count). The molecule has 1 aromatic heterocycles. The third-order valence-electron chi connectivity index (χ3n) is 2.52. The van der Waals surface area contributed by atoms with Crippen molar-refractivity contribution in [1.82, 2.24) is 0 Å². The topological polar surface area (TPSA) is 50.4 Å². The van der Waals surface area contributed by atoms with Crippen LogP contribution in [-0.2, 0) is 16.1 Å². The Morgan fingerprint density at radius 1 is 1.30 bits per heavy atom. The number of halogens is 1. The van der Waals surface area contributed by atoms with E-state index in [0.717, 1.165) is 21.7 Å². The molecule has 1 amide bonds. The molecule has 2 N–H and O–H groups in total. The molecule has 0 radical (unpaired) electrons. The smallest absolute Gasteiger partial charge is 0.250 e. The number of amides is 1. The van der Waals surface area contributed by atoms with Crippen LogP contribution in [0.4, 0.5) is 11.4 Å². The Hall–Kier alpha value is -1.37. The Labute approximate surface area is 130 Å². The van der Waals surface area contributed by atoms with Crippen molar-refractivity contribution in [2.75, 3.05) is 24.4 Å². The highest BCUT2D eigenvalue weighted by molar-refractivity contribution is 9.11. The third-order valence-corrected chi connectivity index (χ3v) is 4.14. The van der Waals surface area contributed by atoms with Crippen molar-refractivity contribution in [2.45, 2.75) is 6.54 Å². The van der Waals surface area contributed by atoms with Crippen LogP contribution in [0, 0.1) is 0 Å². The summed E-state index contributed by atoms with van der Waals surface area (Å²) in [5.41, 5.74) is 1.72. The van der Waals surface area contributed by atoms with Crippen molar-refractivity contribution in [3.05, 3.63) is 45.1 Å². The summed E-state index contributed by atoms with van der Waals surface area (Å²) in [5, 5.41) is 6.10. The van der Waals surface area contributed by atoms with E-state index in [1.54, 1.807) is 11.3 Å². The van der Waals surface area contributed by atoms with Gasteiger partial charge in [-0.25, -0.2) is 0 Å². The number of methoxy groups -OCH3 is 1. The number of rotatable bonds is 6. The van der Waals surface area contributed by atoms with Crippen molar-refractivity contribution in [2.24, 2.45) is 0 Å². The summed E-state index contributed by atoms with van der Waals surface area (Å²) in [6.45, 7) is 0.812. The molecule has 1 aromatic carbocycles. The van der Waals surface area contributed by atoms with E-state index in [-0.39, 0.29) is 12.5 Å². The Morgan fingerprint density at radius 2 is 2.10 bits per heavy atom. The first-order valence-corrected chi connectivity index (χ1v) is 7.65. The van der Waals surface area contributed by atoms with E-state index in [9.17, 15) is 4.79 Å². The lowest BCUT2D eigenvalue weighted by Gasteiger charge is -2.08. The molecule has 0 aliphatic rings. The van der Waals surface area contributed by atoms with Crippen LogP contribution in [0.2, 0.25) is 0 Å². The summed E-state index contributed by atoms with van der Waals surface area (Å²) in [7, 11) is 1.50. The molecule has 4 nitrogen and oxygen atoms in total. The van der Waals surface area contributed by atoms with Gasteiger partial charge < -0.3 is 15.4 Å². The molecule has 0 atom stereocenters. The van der Waals surface area contributed by atoms with E-state index in [2.05, 4.69) is 32.6 Å². The number of hydrogen-bond donors (Lipinski definition) is 2. The average molecular weight is 355 g/mol. The second kappa shape index (κ2) is 7.42. The van der Waals surface area contributed by atoms with E-state index >= 15 is 0 Å². The van der Waals surface area contributed by atoms with Gasteiger partial charge in [0.2, 0.25) is 5.91 Å². The molecule has 0 unspecified atom stereocenters. The second-order valence-corrected chi connectivity index (χ2v) is 6.67. The largest absolute Gasteiger partial charge is 0.380 e. The average Bonchev–Trinajstić information content (AvgIpc) is 2.83. The molecular weight excluding hydrogens is 340 g/mol. The molecule has 0 fully saturated rings. The predicted molar refractivity (Wildman–Crippen MR) is 86.3 cm³/mol. The van der Waals surface area contributed by atoms with Gasteiger partial charge in [0.1, 0.15) is 6.61 Å². The number of carbonyl (C=O) groups excluding carboxylic acids is 1. The molecule has 2 aromatic rings. The minimum absolute atomic E-state index is 0.0564. The first kappa shape index (κ1) is 15.0. The molecular formula is C14H15BrN2O2S. The lowest BCUT2D eigenvalue weighted by molar-refractivity contribution is -0.119. The Balaban J connectivity index is 1.93. The van der Waals surface area contributed by atoms with E-state index < -0.39 is 0 Å². The number of thiophene rings is 1. The predicted octanol–water partition coefficient (Wildman–Crippen LogP) is 3.71. The molecule has 6 heteroatoms. The van der Waals surface area contributed by atoms with Crippen molar-refractivity contribution < 1.29 is 9.53 Å². The van der Waals surface area contributed by atoms with E-state index in [1.807, 2.05) is 30.3 Å². The van der Waals surface area contributed by atoms with E-state index in [1.165, 1.54) is 12.0 Å². The summed E-state index contributed by atoms with van der Waals surface area (Å²) >= 11 is 5.14. The summed E-state index contributed by atoms with van der Waals surface area (Å²) in [6.07, 6.45) is 0. The number of anilines is 2. The van der Waals surface area contributed by atoms with Crippen molar-refractivity contribution in [1.29, 1.82) is 0 Å². The van der Waals surface area contributed by atoms with Gasteiger partial charge in [-0.2, -0.15) is 0 Å². The highest BCUT2D eigenvalue weighted by atomic mass is 79.9. The first-order valence-electron chi connectivity index (χ1n) is 6.04. The van der Waals surface area contributed by atoms with Gasteiger partial charge >= 0.3 is 0 Å². The zero-order chi connectivity index (χ0) is 14.4. The van der Waals surface area contributed by atoms with Crippen molar-refractivity contribution in [3.8, 4) is 0 Å². The van der Waals surface area contributed by atoms with Gasteiger partial charge in [-0.15, -0.1) is 11.3 Å². The van der Waals surface area contributed by atoms with Crippen molar-refractivity contribution in [3.63, 3.8) is 0 Å². The number of hydrogen-bond acceptors (Lipinski definition) is 4. The maximum absolute atomic E-state index is 11.4. The monoisotopic (exact) mass is 354 g/mol. The minimum atomic E-state index is -0.160. The van der Waals surface area contributed by atoms with Gasteiger partial charge in [0.05, 0.1) is 3.79 Å². The second-order valence-electron chi connectivity index (χ2n) is 4.12. The first-order chi connectivity index (χ1) is 9.67. The number of carbonyl (C=O) groups is 1. The Bertz CT molecular complexity index is 586. The molecule has 0 spiro atoms. The van der Waals surface area contributed by atoms with Crippen molar-refractivity contribution >= 4 is 44.5 Å². The minimum Gasteiger partial charge on any atom is -0.380 e. The van der Waals surface area contributed by atoms with Gasteiger partial charge in [0.15, 0.2) is 0 Å². The molecule has 20 heavy (non-hydrogen) atoms. The normalized spacial score (nSPS) is 10.3. The fourth-order valence-corrected chi connectivity index (χ4v) is 3.09. The van der Waals surface area contributed by atoms with E-state index in [4.69, 9.17) is 4.74 Å². The maximum atomic E-state index is 11.4. The third kappa shape index (κ3) is 4.63. The quantitative estimate of drug-likeness (QED) is 0.831. The summed E-state index contributed by atoms with van der Waals surface area (Å²) in [4.78, 5) is 12.7. The van der Waals surface area contributed by atoms with Crippen LogP contribution >= 0.6 is 27.3 Å². The van der Waals surface area contributed by atoms with Crippen LogP contribution in [0.15, 0.2) is 40.2 Å². The van der Waals surface area contributed by atoms with Gasteiger partial charge in [-0.1, -0.05) is 6.07 Å². The van der Waals surface area contributed by atoms with Crippen LogP contribution < -0.4 is 10.6 Å². The van der Waals surface area contributed by atoms with E-state index in [0.29, 0.717) is 0 Å². The number of nitrogens with one attached hydrogen (secondary N) is 2. The summed E-state index contributed by atoms with van der Waals surface area (Å²) in [5.74, 6) is -0.160. The maximum Gasteiger partial charge on any atom is 0.250 e.